The van der Waals surface area contributed by atoms with E-state index in [1.807, 2.05) is 6.92 Å². The Labute approximate surface area is 225 Å². The number of thioether (sulfide) groups is 1. The van der Waals surface area contributed by atoms with Gasteiger partial charge in [0.05, 0.1) is 29.1 Å². The molecule has 4 heterocycles. The van der Waals surface area contributed by atoms with E-state index in [1.165, 1.54) is 29.2 Å². The minimum atomic E-state index is -0.833. The highest BCUT2D eigenvalue weighted by molar-refractivity contribution is 8.03. The lowest BCUT2D eigenvalue weighted by Crippen LogP contribution is -2.63. The number of nitrogens with zero attached hydrogens (tertiary/aromatic N) is 2. The van der Waals surface area contributed by atoms with Crippen LogP contribution in [0, 0.1) is 27.9 Å². The fraction of sp³-hybridized carbons (Fsp3) is 0.615. The van der Waals surface area contributed by atoms with Crippen LogP contribution in [0.1, 0.15) is 32.3 Å². The smallest absolute Gasteiger partial charge is 0.356 e. The summed E-state index contributed by atoms with van der Waals surface area (Å²) in [7, 11) is 0. The molecule has 3 saturated heterocycles. The number of aliphatic hydroxyl groups excluding tert-OH is 2. The van der Waals surface area contributed by atoms with Gasteiger partial charge in [0.15, 0.2) is 0 Å². The summed E-state index contributed by atoms with van der Waals surface area (Å²) in [4.78, 5) is 39.0. The first-order valence-corrected chi connectivity index (χ1v) is 14.0. The molecule has 0 radical (unpaired) electrons. The zero-order chi connectivity index (χ0) is 27.1. The molecule has 4 N–H and O–H groups in total. The lowest BCUT2D eigenvalue weighted by atomic mass is 9.79. The molecule has 8 atom stereocenters. The van der Waals surface area contributed by atoms with Gasteiger partial charge in [0, 0.05) is 53.3 Å². The zero-order valence-corrected chi connectivity index (χ0v) is 22.2. The molecule has 3 fully saturated rings. The Morgan fingerprint density at radius 2 is 2.03 bits per heavy atom. The van der Waals surface area contributed by atoms with E-state index >= 15 is 0 Å². The molecule has 11 nitrogen and oxygen atoms in total. The monoisotopic (exact) mass is 546 g/mol. The highest BCUT2D eigenvalue weighted by atomic mass is 32.2. The first-order valence-electron chi connectivity index (χ1n) is 13.1. The van der Waals surface area contributed by atoms with Crippen molar-refractivity contribution >= 4 is 29.3 Å². The summed E-state index contributed by atoms with van der Waals surface area (Å²) < 4.78 is 5.58. The maximum Gasteiger partial charge on any atom is 0.356 e. The summed E-state index contributed by atoms with van der Waals surface area (Å²) in [5.41, 5.74) is 0.763. The number of β-lactam (4-membered cyclic amide) rings is 1. The van der Waals surface area contributed by atoms with E-state index < -0.39 is 29.0 Å². The fourth-order valence-electron chi connectivity index (χ4n) is 6.16. The summed E-state index contributed by atoms with van der Waals surface area (Å²) in [5.74, 6) is -1.43. The van der Waals surface area contributed by atoms with Crippen molar-refractivity contribution in [3.05, 3.63) is 50.5 Å². The molecule has 4 aliphatic rings. The Morgan fingerprint density at radius 3 is 2.66 bits per heavy atom. The largest absolute Gasteiger partial charge is 0.456 e. The number of hydrogen-bond donors (Lipinski definition) is 4. The van der Waals surface area contributed by atoms with Gasteiger partial charge in [0.25, 0.3) is 5.69 Å². The number of amides is 1. The lowest BCUT2D eigenvalue weighted by Gasteiger charge is -2.46. The SMILES string of the molecule is C[C@@H](O)[C@H]1C(=O)N2C(C(=O)OCc3ccc([N+](=O)[O-])cc3)=C(S[C@@H]3CN[C@H]([C@H](O)[C@@H]4CCNC4)C3)[C@H](C)[C@H]12. The summed E-state index contributed by atoms with van der Waals surface area (Å²) >= 11 is 1.55. The van der Waals surface area contributed by atoms with Crippen LogP contribution in [0.5, 0.6) is 0 Å². The normalized spacial score (nSPS) is 32.2. The van der Waals surface area contributed by atoms with Crippen LogP contribution in [-0.2, 0) is 20.9 Å². The molecule has 0 spiro atoms. The summed E-state index contributed by atoms with van der Waals surface area (Å²) in [5, 5.41) is 38.8. The second-order valence-corrected chi connectivity index (χ2v) is 12.0. The van der Waals surface area contributed by atoms with Crippen LogP contribution in [0.3, 0.4) is 0 Å². The molecule has 38 heavy (non-hydrogen) atoms. The van der Waals surface area contributed by atoms with Crippen LogP contribution in [0.25, 0.3) is 0 Å². The number of non-ortho nitro benzene ring substituents is 1. The van der Waals surface area contributed by atoms with Gasteiger partial charge in [-0.2, -0.15) is 0 Å². The standard InChI is InChI=1S/C26H34N4O7S/c1-13-21-20(14(2)31)25(33)29(21)22(26(34)37-12-15-3-5-17(6-4-15)30(35)36)24(13)38-18-9-19(28-11-18)23(32)16-7-8-27-10-16/h3-6,13-14,16,18-21,23,27-28,31-32H,7-12H2,1-2H3/t13-,14-,16-,18+,19+,20-,21-,23-/m1/s1. The number of benzene rings is 1. The van der Waals surface area contributed by atoms with Gasteiger partial charge in [0.1, 0.15) is 12.3 Å². The summed E-state index contributed by atoms with van der Waals surface area (Å²) in [6.07, 6.45) is 0.407. The van der Waals surface area contributed by atoms with Crippen LogP contribution in [0.2, 0.25) is 0 Å². The third kappa shape index (κ3) is 4.95. The van der Waals surface area contributed by atoms with E-state index in [9.17, 15) is 29.9 Å². The Morgan fingerprint density at radius 1 is 1.29 bits per heavy atom. The molecule has 12 heteroatoms. The second kappa shape index (κ2) is 10.9. The molecule has 1 aromatic carbocycles. The minimum absolute atomic E-state index is 0.0314. The predicted molar refractivity (Wildman–Crippen MR) is 140 cm³/mol. The third-order valence-corrected chi connectivity index (χ3v) is 9.74. The first-order chi connectivity index (χ1) is 18.2. The van der Waals surface area contributed by atoms with Crippen molar-refractivity contribution in [2.24, 2.45) is 17.8 Å². The molecule has 0 bridgehead atoms. The molecule has 0 aromatic heterocycles. The van der Waals surface area contributed by atoms with Crippen LogP contribution in [-0.4, -0.2) is 81.1 Å². The molecular formula is C26H34N4O7S. The van der Waals surface area contributed by atoms with Gasteiger partial charge in [-0.1, -0.05) is 6.92 Å². The first kappa shape index (κ1) is 27.1. The van der Waals surface area contributed by atoms with Gasteiger partial charge in [-0.05, 0) is 44.0 Å². The van der Waals surface area contributed by atoms with E-state index in [2.05, 4.69) is 10.6 Å². The van der Waals surface area contributed by atoms with Crippen molar-refractivity contribution < 1.29 is 29.5 Å². The van der Waals surface area contributed by atoms with Crippen LogP contribution < -0.4 is 10.6 Å². The zero-order valence-electron chi connectivity index (χ0n) is 21.4. The van der Waals surface area contributed by atoms with E-state index in [4.69, 9.17) is 4.74 Å². The van der Waals surface area contributed by atoms with Gasteiger partial charge in [-0.15, -0.1) is 11.8 Å². The number of ether oxygens (including phenoxy) is 1. The average molecular weight is 547 g/mol. The number of rotatable bonds is 9. The second-order valence-electron chi connectivity index (χ2n) is 10.7. The molecule has 0 unspecified atom stereocenters. The molecule has 0 saturated carbocycles. The molecule has 0 aliphatic carbocycles. The number of nitro benzene ring substituents is 1. The Kier molecular flexibility index (Phi) is 7.79. The molecule has 5 rings (SSSR count). The quantitative estimate of drug-likeness (QED) is 0.153. The van der Waals surface area contributed by atoms with Gasteiger partial charge < -0.3 is 30.5 Å². The van der Waals surface area contributed by atoms with Crippen molar-refractivity contribution in [1.82, 2.24) is 15.5 Å². The Balaban J connectivity index is 1.32. The number of esters is 1. The minimum Gasteiger partial charge on any atom is -0.456 e. The lowest BCUT2D eigenvalue weighted by molar-refractivity contribution is -0.384. The van der Waals surface area contributed by atoms with Gasteiger partial charge >= 0.3 is 5.97 Å². The van der Waals surface area contributed by atoms with Gasteiger partial charge in [0.2, 0.25) is 5.91 Å². The van der Waals surface area contributed by atoms with E-state index in [-0.39, 0.29) is 53.1 Å². The van der Waals surface area contributed by atoms with Gasteiger partial charge in [-0.25, -0.2) is 4.79 Å². The molecule has 4 aliphatic heterocycles. The van der Waals surface area contributed by atoms with Crippen molar-refractivity contribution in [1.29, 1.82) is 0 Å². The number of carbonyl (C=O) groups excluding carboxylic acids is 2. The number of hydrogen-bond acceptors (Lipinski definition) is 10. The Hall–Kier alpha value is -2.51. The van der Waals surface area contributed by atoms with Crippen molar-refractivity contribution in [2.45, 2.75) is 62.8 Å². The molecule has 206 valence electrons. The molecule has 1 aromatic rings. The van der Waals surface area contributed by atoms with Crippen LogP contribution in [0.15, 0.2) is 34.9 Å². The summed E-state index contributed by atoms with van der Waals surface area (Å²) in [6.45, 7) is 5.87. The number of aliphatic hydroxyl groups is 2. The van der Waals surface area contributed by atoms with E-state index in [0.29, 0.717) is 12.1 Å². The van der Waals surface area contributed by atoms with Crippen molar-refractivity contribution in [3.8, 4) is 0 Å². The average Bonchev–Trinajstić information content (AvgIpc) is 3.63. The van der Waals surface area contributed by atoms with Crippen LogP contribution in [0.4, 0.5) is 5.69 Å². The topological polar surface area (TPSA) is 154 Å². The molecular weight excluding hydrogens is 512 g/mol. The highest BCUT2D eigenvalue weighted by Gasteiger charge is 2.60. The van der Waals surface area contributed by atoms with Gasteiger partial charge in [-0.3, -0.25) is 14.9 Å². The number of nitro groups is 1. The number of fused-ring (bicyclic) bond motifs is 1. The Bertz CT molecular complexity index is 1120. The maximum atomic E-state index is 13.4. The number of nitrogens with one attached hydrogen (secondary N) is 2. The van der Waals surface area contributed by atoms with E-state index in [1.54, 1.807) is 18.7 Å². The highest BCUT2D eigenvalue weighted by Crippen LogP contribution is 2.52. The van der Waals surface area contributed by atoms with Crippen molar-refractivity contribution in [2.75, 3.05) is 19.6 Å². The third-order valence-electron chi connectivity index (χ3n) is 8.23. The van der Waals surface area contributed by atoms with E-state index in [0.717, 1.165) is 30.8 Å². The predicted octanol–water partition coefficient (Wildman–Crippen LogP) is 1.14. The summed E-state index contributed by atoms with van der Waals surface area (Å²) in [6, 6.07) is 5.42. The molecule has 1 amide bonds. The van der Waals surface area contributed by atoms with Crippen molar-refractivity contribution in [3.63, 3.8) is 0 Å². The van der Waals surface area contributed by atoms with Crippen LogP contribution >= 0.6 is 11.8 Å². The fourth-order valence-corrected chi connectivity index (χ4v) is 7.65. The maximum absolute atomic E-state index is 13.4. The number of carbonyl (C=O) groups is 2.